The van der Waals surface area contributed by atoms with Crippen molar-refractivity contribution in [2.75, 3.05) is 24.5 Å². The molecule has 118 valence electrons. The molecule has 2 nitrogen and oxygen atoms in total. The Balaban J connectivity index is 2.24. The van der Waals surface area contributed by atoms with Crippen molar-refractivity contribution < 1.29 is 13.2 Å². The molecule has 0 spiro atoms. The Morgan fingerprint density at radius 1 is 1.33 bits per heavy atom. The fourth-order valence-electron chi connectivity index (χ4n) is 2.76. The lowest BCUT2D eigenvalue weighted by Crippen LogP contribution is -2.23. The summed E-state index contributed by atoms with van der Waals surface area (Å²) in [4.78, 5) is 1.86. The molecule has 1 fully saturated rings. The highest BCUT2D eigenvalue weighted by molar-refractivity contribution is 5.57. The van der Waals surface area contributed by atoms with E-state index in [4.69, 9.17) is 0 Å². The molecule has 2 rings (SSSR count). The third-order valence-corrected chi connectivity index (χ3v) is 3.89. The zero-order chi connectivity index (χ0) is 15.5. The number of halogens is 3. The van der Waals surface area contributed by atoms with Crippen LogP contribution in [0, 0.1) is 5.92 Å². The maximum Gasteiger partial charge on any atom is 0.418 e. The molecule has 0 saturated carbocycles. The number of alkyl halides is 3. The highest BCUT2D eigenvalue weighted by Gasteiger charge is 2.36. The molecule has 0 aliphatic carbocycles. The van der Waals surface area contributed by atoms with Gasteiger partial charge in [-0.2, -0.15) is 13.2 Å². The summed E-state index contributed by atoms with van der Waals surface area (Å²) in [6.07, 6.45) is -2.38. The van der Waals surface area contributed by atoms with Gasteiger partial charge in [-0.3, -0.25) is 0 Å². The van der Waals surface area contributed by atoms with E-state index in [-0.39, 0.29) is 0 Å². The number of hydrogen-bond acceptors (Lipinski definition) is 2. The molecule has 1 aromatic carbocycles. The summed E-state index contributed by atoms with van der Waals surface area (Å²) in [7, 11) is 0. The summed E-state index contributed by atoms with van der Waals surface area (Å²) < 4.78 is 40.0. The number of hydrogen-bond donors (Lipinski definition) is 1. The van der Waals surface area contributed by atoms with Crippen LogP contribution >= 0.6 is 0 Å². The fourth-order valence-corrected chi connectivity index (χ4v) is 2.76. The predicted octanol–water partition coefficient (Wildman–Crippen LogP) is 4.05. The first-order valence-corrected chi connectivity index (χ1v) is 7.57. The second kappa shape index (κ2) is 6.69. The lowest BCUT2D eigenvalue weighted by Gasteiger charge is -2.24. The van der Waals surface area contributed by atoms with Gasteiger partial charge in [0.1, 0.15) is 0 Å². The highest BCUT2D eigenvalue weighted by atomic mass is 19.4. The molecule has 0 bridgehead atoms. The standard InChI is InChI=1S/C16H23F3N2/c1-3-7-20-10-13-4-5-15(14(9-13)16(17,18)19)21-8-6-12(2)11-21/h4-5,9,12,20H,3,6-8,10-11H2,1-2H3. The number of nitrogens with zero attached hydrogens (tertiary/aromatic N) is 1. The quantitative estimate of drug-likeness (QED) is 0.825. The summed E-state index contributed by atoms with van der Waals surface area (Å²) >= 11 is 0. The first kappa shape index (κ1) is 16.1. The Morgan fingerprint density at radius 3 is 2.67 bits per heavy atom. The minimum Gasteiger partial charge on any atom is -0.371 e. The minimum atomic E-state index is -4.30. The molecule has 1 saturated heterocycles. The van der Waals surface area contributed by atoms with Gasteiger partial charge >= 0.3 is 6.18 Å². The molecule has 1 heterocycles. The molecule has 5 heteroatoms. The van der Waals surface area contributed by atoms with Crippen LogP contribution in [0.15, 0.2) is 18.2 Å². The summed E-state index contributed by atoms with van der Waals surface area (Å²) in [5, 5.41) is 3.15. The maximum atomic E-state index is 13.3. The van der Waals surface area contributed by atoms with Crippen molar-refractivity contribution in [3.05, 3.63) is 29.3 Å². The Bertz CT molecular complexity index is 471. The molecular formula is C16H23F3N2. The molecule has 1 atom stereocenters. The molecule has 1 aromatic rings. The van der Waals surface area contributed by atoms with Crippen LogP contribution in [-0.4, -0.2) is 19.6 Å². The topological polar surface area (TPSA) is 15.3 Å². The number of anilines is 1. The zero-order valence-corrected chi connectivity index (χ0v) is 12.6. The van der Waals surface area contributed by atoms with Crippen molar-refractivity contribution in [1.29, 1.82) is 0 Å². The molecule has 1 aliphatic heterocycles. The zero-order valence-electron chi connectivity index (χ0n) is 12.6. The van der Waals surface area contributed by atoms with Crippen molar-refractivity contribution in [2.24, 2.45) is 5.92 Å². The average molecular weight is 300 g/mol. The van der Waals surface area contributed by atoms with Crippen molar-refractivity contribution in [2.45, 2.75) is 39.4 Å². The van der Waals surface area contributed by atoms with Gasteiger partial charge in [0.15, 0.2) is 0 Å². The van der Waals surface area contributed by atoms with Crippen LogP contribution in [0.5, 0.6) is 0 Å². The van der Waals surface area contributed by atoms with Gasteiger partial charge in [0.25, 0.3) is 0 Å². The van der Waals surface area contributed by atoms with E-state index in [0.717, 1.165) is 19.4 Å². The van der Waals surface area contributed by atoms with Gasteiger partial charge in [-0.25, -0.2) is 0 Å². The van der Waals surface area contributed by atoms with E-state index in [1.54, 1.807) is 12.1 Å². The fraction of sp³-hybridized carbons (Fsp3) is 0.625. The Hall–Kier alpha value is -1.23. The maximum absolute atomic E-state index is 13.3. The van der Waals surface area contributed by atoms with E-state index in [0.29, 0.717) is 36.8 Å². The van der Waals surface area contributed by atoms with E-state index in [9.17, 15) is 13.2 Å². The second-order valence-electron chi connectivity index (χ2n) is 5.87. The van der Waals surface area contributed by atoms with E-state index in [2.05, 4.69) is 12.2 Å². The third-order valence-electron chi connectivity index (χ3n) is 3.89. The SMILES string of the molecule is CCCNCc1ccc(N2CCC(C)C2)c(C(F)(F)F)c1. The van der Waals surface area contributed by atoms with Crippen LogP contribution in [0.3, 0.4) is 0 Å². The largest absolute Gasteiger partial charge is 0.418 e. The smallest absolute Gasteiger partial charge is 0.371 e. The molecule has 1 aliphatic rings. The highest BCUT2D eigenvalue weighted by Crippen LogP contribution is 2.38. The van der Waals surface area contributed by atoms with Crippen molar-refractivity contribution in [1.82, 2.24) is 5.32 Å². The van der Waals surface area contributed by atoms with E-state index in [1.165, 1.54) is 6.07 Å². The van der Waals surface area contributed by atoms with E-state index < -0.39 is 11.7 Å². The van der Waals surface area contributed by atoms with Crippen LogP contribution < -0.4 is 10.2 Å². The molecule has 21 heavy (non-hydrogen) atoms. The van der Waals surface area contributed by atoms with Gasteiger partial charge in [-0.1, -0.05) is 19.9 Å². The summed E-state index contributed by atoms with van der Waals surface area (Å²) in [5.41, 5.74) is 0.505. The van der Waals surface area contributed by atoms with Crippen LogP contribution in [-0.2, 0) is 12.7 Å². The average Bonchev–Trinajstić information content (AvgIpc) is 2.84. The molecular weight excluding hydrogens is 277 g/mol. The number of rotatable bonds is 5. The van der Waals surface area contributed by atoms with Crippen LogP contribution in [0.1, 0.15) is 37.8 Å². The van der Waals surface area contributed by atoms with Crippen molar-refractivity contribution in [3.63, 3.8) is 0 Å². The van der Waals surface area contributed by atoms with Crippen LogP contribution in [0.25, 0.3) is 0 Å². The van der Waals surface area contributed by atoms with Gasteiger partial charge in [0.05, 0.1) is 5.56 Å². The first-order chi connectivity index (χ1) is 9.91. The normalized spacial score (nSPS) is 19.3. The number of benzene rings is 1. The Morgan fingerprint density at radius 2 is 2.10 bits per heavy atom. The first-order valence-electron chi connectivity index (χ1n) is 7.57. The molecule has 1 unspecified atom stereocenters. The minimum absolute atomic E-state index is 0.325. The van der Waals surface area contributed by atoms with Crippen molar-refractivity contribution in [3.8, 4) is 0 Å². The van der Waals surface area contributed by atoms with Crippen LogP contribution in [0.2, 0.25) is 0 Å². The molecule has 1 N–H and O–H groups in total. The van der Waals surface area contributed by atoms with Crippen molar-refractivity contribution >= 4 is 5.69 Å². The monoisotopic (exact) mass is 300 g/mol. The van der Waals surface area contributed by atoms with E-state index >= 15 is 0 Å². The lowest BCUT2D eigenvalue weighted by atomic mass is 10.1. The van der Waals surface area contributed by atoms with Gasteiger partial charge < -0.3 is 10.2 Å². The second-order valence-corrected chi connectivity index (χ2v) is 5.87. The molecule has 0 radical (unpaired) electrons. The van der Waals surface area contributed by atoms with Gasteiger partial charge in [0, 0.05) is 25.3 Å². The Labute approximate surface area is 124 Å². The summed E-state index contributed by atoms with van der Waals surface area (Å²) in [6, 6.07) is 4.72. The lowest BCUT2D eigenvalue weighted by molar-refractivity contribution is -0.137. The molecule has 0 aromatic heterocycles. The van der Waals surface area contributed by atoms with E-state index in [1.807, 2.05) is 11.8 Å². The summed E-state index contributed by atoms with van der Waals surface area (Å²) in [6.45, 7) is 6.82. The summed E-state index contributed by atoms with van der Waals surface area (Å²) in [5.74, 6) is 0.456. The third kappa shape index (κ3) is 4.13. The van der Waals surface area contributed by atoms with Gasteiger partial charge in [0.2, 0.25) is 0 Å². The molecule has 0 amide bonds. The Kier molecular flexibility index (Phi) is 5.14. The van der Waals surface area contributed by atoms with Gasteiger partial charge in [-0.15, -0.1) is 0 Å². The number of nitrogens with one attached hydrogen (secondary N) is 1. The van der Waals surface area contributed by atoms with Crippen LogP contribution in [0.4, 0.5) is 18.9 Å². The van der Waals surface area contributed by atoms with Gasteiger partial charge in [-0.05, 0) is 43.0 Å². The predicted molar refractivity (Wildman–Crippen MR) is 79.4 cm³/mol.